The lowest BCUT2D eigenvalue weighted by Gasteiger charge is -2.37. The Morgan fingerprint density at radius 3 is 2.62 bits per heavy atom. The van der Waals surface area contributed by atoms with Crippen molar-refractivity contribution in [2.45, 2.75) is 61.0 Å². The second kappa shape index (κ2) is 13.0. The molecule has 1 spiro atoms. The fourth-order valence-electron chi connectivity index (χ4n) is 6.36. The average molecular weight is 557 g/mol. The lowest BCUT2D eigenvalue weighted by atomic mass is 9.71. The average Bonchev–Trinajstić information content (AvgIpc) is 3.59. The number of rotatable bonds is 15. The number of esters is 1. The molecule has 1 N–H and O–H groups in total. The van der Waals surface area contributed by atoms with Crippen LogP contribution in [0.1, 0.15) is 44.9 Å². The number of hydrogen-bond acceptors (Lipinski definition) is 7. The quantitative estimate of drug-likeness (QED) is 0.198. The summed E-state index contributed by atoms with van der Waals surface area (Å²) in [5.74, 6) is -1.11. The summed E-state index contributed by atoms with van der Waals surface area (Å²) in [4.78, 5) is 45.1. The highest BCUT2D eigenvalue weighted by Crippen LogP contribution is 2.66. The zero-order chi connectivity index (χ0) is 28.0. The van der Waals surface area contributed by atoms with Gasteiger partial charge in [0.2, 0.25) is 5.91 Å². The molecule has 5 atom stereocenters. The summed E-state index contributed by atoms with van der Waals surface area (Å²) < 4.78 is 10.3. The summed E-state index contributed by atoms with van der Waals surface area (Å²) in [5.41, 5.74) is 0.691. The number of aliphatic hydroxyl groups is 1. The standard InChI is InChI=1S/C30H40N2O6S/c1-4-6-7-10-20-38-29(36)24-23-15-16-30(39-23)25(24)27(34)32(18-8-9-19-33)26(30)28(35)31(17-5-2)21-11-13-22(37-3)14-12-21/h4-5,11-14,23-26,33H,1-2,6-10,15-20H2,3H3/t23-,24+,25+,26?,30?/m1/s1. The van der Waals surface area contributed by atoms with Gasteiger partial charge in [0.1, 0.15) is 11.8 Å². The number of anilines is 1. The fraction of sp³-hybridized carbons (Fsp3) is 0.567. The third-order valence-corrected chi connectivity index (χ3v) is 10.1. The second-order valence-corrected chi connectivity index (χ2v) is 12.0. The SMILES string of the molecule is C=CCCCCOC(=O)[C@@H]1[C@H]2C(=O)N(CCCCO)C(C(=O)N(CC=C)c3ccc(OC)cc3)C23CC[C@H]1S3. The van der Waals surface area contributed by atoms with Gasteiger partial charge in [0.15, 0.2) is 0 Å². The molecule has 3 fully saturated rings. The molecule has 0 radical (unpaired) electrons. The number of thioether (sulfide) groups is 1. The Labute approximate surface area is 235 Å². The maximum absolute atomic E-state index is 14.4. The molecule has 39 heavy (non-hydrogen) atoms. The van der Waals surface area contributed by atoms with Crippen molar-refractivity contribution in [3.05, 3.63) is 49.6 Å². The van der Waals surface area contributed by atoms with Crippen molar-refractivity contribution in [3.63, 3.8) is 0 Å². The van der Waals surface area contributed by atoms with Crippen LogP contribution in [-0.2, 0) is 19.1 Å². The number of allylic oxidation sites excluding steroid dienone is 1. The van der Waals surface area contributed by atoms with Crippen LogP contribution < -0.4 is 9.64 Å². The van der Waals surface area contributed by atoms with Crippen molar-refractivity contribution in [1.82, 2.24) is 4.90 Å². The molecule has 212 valence electrons. The van der Waals surface area contributed by atoms with Gasteiger partial charge in [-0.3, -0.25) is 14.4 Å². The molecule has 3 heterocycles. The highest BCUT2D eigenvalue weighted by Gasteiger charge is 2.74. The number of benzene rings is 1. The molecule has 4 rings (SSSR count). The largest absolute Gasteiger partial charge is 0.497 e. The third kappa shape index (κ3) is 5.61. The van der Waals surface area contributed by atoms with Gasteiger partial charge in [-0.1, -0.05) is 12.2 Å². The van der Waals surface area contributed by atoms with E-state index >= 15 is 0 Å². The number of methoxy groups -OCH3 is 1. The van der Waals surface area contributed by atoms with Crippen LogP contribution >= 0.6 is 11.8 Å². The predicted octanol–water partition coefficient (Wildman–Crippen LogP) is 3.98. The van der Waals surface area contributed by atoms with Crippen molar-refractivity contribution < 1.29 is 29.0 Å². The van der Waals surface area contributed by atoms with Crippen molar-refractivity contribution in [2.75, 3.05) is 38.3 Å². The van der Waals surface area contributed by atoms with E-state index < -0.39 is 22.6 Å². The van der Waals surface area contributed by atoms with E-state index in [0.29, 0.717) is 43.9 Å². The minimum absolute atomic E-state index is 0.0152. The molecule has 0 aliphatic carbocycles. The van der Waals surface area contributed by atoms with Crippen LogP contribution in [0.5, 0.6) is 5.75 Å². The summed E-state index contributed by atoms with van der Waals surface area (Å²) >= 11 is 1.63. The van der Waals surface area contributed by atoms with E-state index in [1.807, 2.05) is 18.2 Å². The van der Waals surface area contributed by atoms with E-state index in [1.165, 1.54) is 0 Å². The fourth-order valence-corrected chi connectivity index (χ4v) is 8.56. The van der Waals surface area contributed by atoms with Crippen molar-refractivity contribution in [3.8, 4) is 5.75 Å². The number of nitrogens with zero attached hydrogens (tertiary/aromatic N) is 2. The number of likely N-dealkylation sites (tertiary alicyclic amines) is 1. The molecule has 2 amide bonds. The Bertz CT molecular complexity index is 1060. The molecule has 3 saturated heterocycles. The smallest absolute Gasteiger partial charge is 0.310 e. The zero-order valence-corrected chi connectivity index (χ0v) is 23.6. The Morgan fingerprint density at radius 2 is 1.95 bits per heavy atom. The number of carbonyl (C=O) groups is 3. The first kappa shape index (κ1) is 29.2. The first-order chi connectivity index (χ1) is 18.9. The van der Waals surface area contributed by atoms with Gasteiger partial charge in [-0.2, -0.15) is 0 Å². The number of carbonyl (C=O) groups excluding carboxylic acids is 3. The molecular weight excluding hydrogens is 516 g/mol. The van der Waals surface area contributed by atoms with Gasteiger partial charge in [0, 0.05) is 30.6 Å². The maximum atomic E-state index is 14.4. The predicted molar refractivity (Wildman–Crippen MR) is 153 cm³/mol. The summed E-state index contributed by atoms with van der Waals surface area (Å²) in [6.07, 6.45) is 8.60. The maximum Gasteiger partial charge on any atom is 0.310 e. The summed E-state index contributed by atoms with van der Waals surface area (Å²) in [7, 11) is 1.59. The van der Waals surface area contributed by atoms with Gasteiger partial charge < -0.3 is 24.4 Å². The van der Waals surface area contributed by atoms with Crippen LogP contribution in [0.2, 0.25) is 0 Å². The van der Waals surface area contributed by atoms with E-state index in [9.17, 15) is 19.5 Å². The third-order valence-electron chi connectivity index (χ3n) is 8.12. The minimum Gasteiger partial charge on any atom is -0.497 e. The molecule has 3 aliphatic heterocycles. The lowest BCUT2D eigenvalue weighted by molar-refractivity contribution is -0.154. The number of aliphatic hydroxyl groups excluding tert-OH is 1. The van der Waals surface area contributed by atoms with Gasteiger partial charge in [-0.05, 0) is 69.2 Å². The summed E-state index contributed by atoms with van der Waals surface area (Å²) in [6, 6.07) is 6.55. The van der Waals surface area contributed by atoms with Crippen LogP contribution in [0.3, 0.4) is 0 Å². The monoisotopic (exact) mass is 556 g/mol. The first-order valence-corrected chi connectivity index (χ1v) is 14.7. The van der Waals surface area contributed by atoms with Crippen molar-refractivity contribution in [1.29, 1.82) is 0 Å². The van der Waals surface area contributed by atoms with E-state index in [0.717, 1.165) is 25.7 Å². The number of amides is 2. The Hall–Kier alpha value is -2.78. The highest BCUT2D eigenvalue weighted by atomic mass is 32.2. The van der Waals surface area contributed by atoms with Gasteiger partial charge in [-0.15, -0.1) is 24.9 Å². The van der Waals surface area contributed by atoms with E-state index in [1.54, 1.807) is 46.9 Å². The normalized spacial score (nSPS) is 26.8. The van der Waals surface area contributed by atoms with Gasteiger partial charge in [0.05, 0.1) is 30.3 Å². The number of unbranched alkanes of at least 4 members (excludes halogenated alkanes) is 3. The van der Waals surface area contributed by atoms with Crippen LogP contribution in [0.25, 0.3) is 0 Å². The van der Waals surface area contributed by atoms with Crippen LogP contribution in [0.4, 0.5) is 5.69 Å². The molecule has 1 aromatic rings. The number of ether oxygens (including phenoxy) is 2. The second-order valence-electron chi connectivity index (χ2n) is 10.4. The highest BCUT2D eigenvalue weighted by molar-refractivity contribution is 8.02. The molecule has 2 unspecified atom stereocenters. The van der Waals surface area contributed by atoms with Crippen LogP contribution in [0, 0.1) is 11.8 Å². The lowest BCUT2D eigenvalue weighted by Crippen LogP contribution is -2.55. The van der Waals surface area contributed by atoms with Crippen LogP contribution in [0.15, 0.2) is 49.6 Å². The molecule has 8 nitrogen and oxygen atoms in total. The molecular formula is C30H40N2O6S. The zero-order valence-electron chi connectivity index (χ0n) is 22.8. The molecule has 0 aromatic heterocycles. The molecule has 0 saturated carbocycles. The van der Waals surface area contributed by atoms with Gasteiger partial charge in [0.25, 0.3) is 5.91 Å². The number of fused-ring (bicyclic) bond motifs is 1. The number of hydrogen-bond donors (Lipinski definition) is 1. The van der Waals surface area contributed by atoms with Gasteiger partial charge in [-0.25, -0.2) is 0 Å². The van der Waals surface area contributed by atoms with Crippen molar-refractivity contribution in [2.24, 2.45) is 11.8 Å². The van der Waals surface area contributed by atoms with Gasteiger partial charge >= 0.3 is 5.97 Å². The van der Waals surface area contributed by atoms with Crippen LogP contribution in [-0.4, -0.2) is 77.2 Å². The molecule has 2 bridgehead atoms. The molecule has 1 aromatic carbocycles. The molecule has 3 aliphatic rings. The Balaban J connectivity index is 1.64. The minimum atomic E-state index is -0.712. The summed E-state index contributed by atoms with van der Waals surface area (Å²) in [6.45, 7) is 8.56. The van der Waals surface area contributed by atoms with Crippen molar-refractivity contribution >= 4 is 35.2 Å². The van der Waals surface area contributed by atoms with E-state index in [4.69, 9.17) is 9.47 Å². The summed E-state index contributed by atoms with van der Waals surface area (Å²) in [5, 5.41) is 9.34. The van der Waals surface area contributed by atoms with E-state index in [-0.39, 0.29) is 36.2 Å². The Kier molecular flexibility index (Phi) is 9.77. The Morgan fingerprint density at radius 1 is 1.18 bits per heavy atom. The van der Waals surface area contributed by atoms with E-state index in [2.05, 4.69) is 13.2 Å². The topological polar surface area (TPSA) is 96.4 Å². The first-order valence-electron chi connectivity index (χ1n) is 13.9. The molecule has 9 heteroatoms.